The topological polar surface area (TPSA) is 0 Å². The predicted octanol–water partition coefficient (Wildman–Crippen LogP) is 4.33. The Morgan fingerprint density at radius 1 is 1.00 bits per heavy atom. The Labute approximate surface area is 94.6 Å². The van der Waals surface area contributed by atoms with Crippen LogP contribution in [0.3, 0.4) is 0 Å². The summed E-state index contributed by atoms with van der Waals surface area (Å²) in [4.78, 5) is 0. The molecule has 2 atom stereocenters. The van der Waals surface area contributed by atoms with E-state index in [-0.39, 0.29) is 0 Å². The summed E-state index contributed by atoms with van der Waals surface area (Å²) in [5, 5.41) is 4.47. The van der Waals surface area contributed by atoms with Gasteiger partial charge in [-0.05, 0) is 53.1 Å². The fraction of sp³-hybridized carbons (Fsp3) is 0.286. The van der Waals surface area contributed by atoms with E-state index in [1.165, 1.54) is 23.1 Å². The average Bonchev–Trinajstić information content (AvgIpc) is 2.87. The van der Waals surface area contributed by atoms with Crippen LogP contribution in [-0.4, -0.2) is 0 Å². The minimum Gasteiger partial charge on any atom is -0.152 e. The predicted molar refractivity (Wildman–Crippen MR) is 65.6 cm³/mol. The summed E-state index contributed by atoms with van der Waals surface area (Å²) in [6, 6.07) is 11.3. The Balaban J connectivity index is 1.79. The molecule has 0 bridgehead atoms. The molecule has 1 aromatic heterocycles. The van der Waals surface area contributed by atoms with Crippen molar-refractivity contribution in [2.45, 2.75) is 25.2 Å². The average molecular weight is 214 g/mol. The van der Waals surface area contributed by atoms with Crippen LogP contribution in [0.4, 0.5) is 0 Å². The standard InChI is InChI=1S/C14H14S/c1-10-2-4-11(5-3-10)13-8-14(13)12-6-7-15-9-12/h2-7,9,13-14H,8H2,1H3. The molecule has 1 saturated carbocycles. The molecule has 2 aromatic rings. The number of hydrogen-bond donors (Lipinski definition) is 0. The van der Waals surface area contributed by atoms with E-state index in [4.69, 9.17) is 0 Å². The Bertz CT molecular complexity index is 439. The summed E-state index contributed by atoms with van der Waals surface area (Å²) in [6.45, 7) is 2.15. The van der Waals surface area contributed by atoms with Crippen molar-refractivity contribution >= 4 is 11.3 Å². The molecule has 1 aromatic carbocycles. The minimum atomic E-state index is 0.778. The van der Waals surface area contributed by atoms with Gasteiger partial charge in [-0.15, -0.1) is 0 Å². The van der Waals surface area contributed by atoms with Crippen molar-refractivity contribution in [2.75, 3.05) is 0 Å². The van der Waals surface area contributed by atoms with Crippen molar-refractivity contribution in [2.24, 2.45) is 0 Å². The Morgan fingerprint density at radius 2 is 1.73 bits per heavy atom. The van der Waals surface area contributed by atoms with E-state index < -0.39 is 0 Å². The monoisotopic (exact) mass is 214 g/mol. The highest BCUT2D eigenvalue weighted by Gasteiger charge is 2.39. The van der Waals surface area contributed by atoms with Gasteiger partial charge in [0.05, 0.1) is 0 Å². The quantitative estimate of drug-likeness (QED) is 0.698. The van der Waals surface area contributed by atoms with Crippen molar-refractivity contribution in [1.82, 2.24) is 0 Å². The lowest BCUT2D eigenvalue weighted by Crippen LogP contribution is -1.82. The van der Waals surface area contributed by atoms with Gasteiger partial charge in [0.1, 0.15) is 0 Å². The summed E-state index contributed by atoms with van der Waals surface area (Å²) in [7, 11) is 0. The maximum absolute atomic E-state index is 2.29. The normalized spacial score (nSPS) is 24.1. The van der Waals surface area contributed by atoms with Crippen LogP contribution in [0.2, 0.25) is 0 Å². The van der Waals surface area contributed by atoms with Crippen LogP contribution >= 0.6 is 11.3 Å². The molecule has 0 spiro atoms. The lowest BCUT2D eigenvalue weighted by atomic mass is 10.1. The molecule has 1 fully saturated rings. The number of aryl methyl sites for hydroxylation is 1. The molecular formula is C14H14S. The summed E-state index contributed by atoms with van der Waals surface area (Å²) in [5.74, 6) is 1.57. The fourth-order valence-corrected chi connectivity index (χ4v) is 2.96. The molecule has 1 aliphatic rings. The van der Waals surface area contributed by atoms with Crippen molar-refractivity contribution in [3.63, 3.8) is 0 Å². The zero-order valence-electron chi connectivity index (χ0n) is 8.81. The van der Waals surface area contributed by atoms with Gasteiger partial charge >= 0.3 is 0 Å². The summed E-state index contributed by atoms with van der Waals surface area (Å²) >= 11 is 1.81. The molecule has 0 radical (unpaired) electrons. The number of benzene rings is 1. The van der Waals surface area contributed by atoms with Crippen LogP contribution < -0.4 is 0 Å². The third-order valence-corrected chi connectivity index (χ3v) is 3.97. The molecule has 1 heterocycles. The van der Waals surface area contributed by atoms with Gasteiger partial charge in [-0.2, -0.15) is 11.3 Å². The first-order valence-electron chi connectivity index (χ1n) is 5.43. The van der Waals surface area contributed by atoms with Gasteiger partial charge in [-0.3, -0.25) is 0 Å². The van der Waals surface area contributed by atoms with Crippen LogP contribution in [0, 0.1) is 6.92 Å². The third kappa shape index (κ3) is 1.72. The molecule has 0 nitrogen and oxygen atoms in total. The second-order valence-electron chi connectivity index (χ2n) is 4.42. The zero-order valence-corrected chi connectivity index (χ0v) is 9.63. The Morgan fingerprint density at radius 3 is 2.40 bits per heavy atom. The molecule has 0 N–H and O–H groups in total. The van der Waals surface area contributed by atoms with Crippen LogP contribution in [0.1, 0.15) is 34.9 Å². The van der Waals surface area contributed by atoms with Gasteiger partial charge < -0.3 is 0 Å². The van der Waals surface area contributed by atoms with E-state index in [2.05, 4.69) is 48.0 Å². The maximum atomic E-state index is 2.29. The number of hydrogen-bond acceptors (Lipinski definition) is 1. The lowest BCUT2D eigenvalue weighted by molar-refractivity contribution is 1.03. The minimum absolute atomic E-state index is 0.778. The highest BCUT2D eigenvalue weighted by molar-refractivity contribution is 7.08. The number of rotatable bonds is 2. The SMILES string of the molecule is Cc1ccc(C2CC2c2ccsc2)cc1. The first-order valence-corrected chi connectivity index (χ1v) is 6.37. The van der Waals surface area contributed by atoms with Gasteiger partial charge in [0.15, 0.2) is 0 Å². The Kier molecular flexibility index (Phi) is 2.14. The molecule has 0 amide bonds. The van der Waals surface area contributed by atoms with E-state index in [1.807, 2.05) is 11.3 Å². The first kappa shape index (κ1) is 9.17. The summed E-state index contributed by atoms with van der Waals surface area (Å²) in [6.07, 6.45) is 1.33. The smallest absolute Gasteiger partial charge is 0.00582 e. The molecule has 1 aliphatic carbocycles. The highest BCUT2D eigenvalue weighted by Crippen LogP contribution is 2.54. The van der Waals surface area contributed by atoms with Crippen LogP contribution in [0.25, 0.3) is 0 Å². The maximum Gasteiger partial charge on any atom is -0.00582 e. The lowest BCUT2D eigenvalue weighted by Gasteiger charge is -2.00. The second-order valence-corrected chi connectivity index (χ2v) is 5.20. The van der Waals surface area contributed by atoms with Crippen molar-refractivity contribution < 1.29 is 0 Å². The number of thiophene rings is 1. The van der Waals surface area contributed by atoms with E-state index in [9.17, 15) is 0 Å². The van der Waals surface area contributed by atoms with Crippen LogP contribution in [0.15, 0.2) is 41.1 Å². The highest BCUT2D eigenvalue weighted by atomic mass is 32.1. The Hall–Kier alpha value is -1.08. The summed E-state index contributed by atoms with van der Waals surface area (Å²) < 4.78 is 0. The first-order chi connectivity index (χ1) is 7.34. The van der Waals surface area contributed by atoms with Gasteiger partial charge in [-0.1, -0.05) is 29.8 Å². The molecule has 2 unspecified atom stereocenters. The third-order valence-electron chi connectivity index (χ3n) is 3.27. The molecule has 3 rings (SSSR count). The second kappa shape index (κ2) is 3.49. The van der Waals surface area contributed by atoms with Crippen LogP contribution in [-0.2, 0) is 0 Å². The zero-order chi connectivity index (χ0) is 10.3. The van der Waals surface area contributed by atoms with Gasteiger partial charge in [0.2, 0.25) is 0 Å². The van der Waals surface area contributed by atoms with Gasteiger partial charge in [0.25, 0.3) is 0 Å². The largest absolute Gasteiger partial charge is 0.152 e. The molecule has 15 heavy (non-hydrogen) atoms. The fourth-order valence-electron chi connectivity index (χ4n) is 2.23. The van der Waals surface area contributed by atoms with Gasteiger partial charge in [-0.25, -0.2) is 0 Å². The van der Waals surface area contributed by atoms with Crippen molar-refractivity contribution in [1.29, 1.82) is 0 Å². The molecule has 76 valence electrons. The van der Waals surface area contributed by atoms with E-state index in [0.29, 0.717) is 0 Å². The summed E-state index contributed by atoms with van der Waals surface area (Å²) in [5.41, 5.74) is 4.40. The van der Waals surface area contributed by atoms with E-state index >= 15 is 0 Å². The van der Waals surface area contributed by atoms with Crippen molar-refractivity contribution in [3.8, 4) is 0 Å². The van der Waals surface area contributed by atoms with E-state index in [1.54, 1.807) is 0 Å². The van der Waals surface area contributed by atoms with E-state index in [0.717, 1.165) is 11.8 Å². The molecule has 0 aliphatic heterocycles. The molecule has 1 heteroatoms. The van der Waals surface area contributed by atoms with Crippen LogP contribution in [0.5, 0.6) is 0 Å². The van der Waals surface area contributed by atoms with Gasteiger partial charge in [0, 0.05) is 0 Å². The molecular weight excluding hydrogens is 200 g/mol. The van der Waals surface area contributed by atoms with Crippen molar-refractivity contribution in [3.05, 3.63) is 57.8 Å². The molecule has 0 saturated heterocycles.